The highest BCUT2D eigenvalue weighted by Crippen LogP contribution is 2.19. The molecule has 4 atom stereocenters. The molecule has 3 amide bonds. The van der Waals surface area contributed by atoms with Crippen molar-refractivity contribution in [3.05, 3.63) is 54.2 Å². The molecule has 3 rings (SSSR count). The fourth-order valence-corrected chi connectivity index (χ4v) is 4.55. The molecule has 2 aromatic heterocycles. The molecule has 15 nitrogen and oxygen atoms in total. The Morgan fingerprint density at radius 3 is 2.23 bits per heavy atom. The minimum absolute atomic E-state index is 0.0297. The number of para-hydroxylation sites is 1. The molecule has 0 aliphatic rings. The summed E-state index contributed by atoms with van der Waals surface area (Å²) in [5.74, 6) is -4.78. The third kappa shape index (κ3) is 9.93. The summed E-state index contributed by atoms with van der Waals surface area (Å²) in [6.07, 6.45) is 5.22. The number of aromatic amines is 2. The third-order valence-corrected chi connectivity index (χ3v) is 6.91. The number of fused-ring (bicyclic) bond motifs is 1. The first-order chi connectivity index (χ1) is 20.6. The van der Waals surface area contributed by atoms with E-state index in [1.807, 2.05) is 24.3 Å². The quantitative estimate of drug-likeness (QED) is 0.0851. The summed E-state index contributed by atoms with van der Waals surface area (Å²) in [6.45, 7) is 0.449. The molecule has 15 heteroatoms. The van der Waals surface area contributed by atoms with Crippen molar-refractivity contribution in [2.45, 2.75) is 69.1 Å². The zero-order valence-corrected chi connectivity index (χ0v) is 23.5. The van der Waals surface area contributed by atoms with E-state index in [4.69, 9.17) is 11.5 Å². The third-order valence-electron chi connectivity index (χ3n) is 6.91. The number of imidazole rings is 1. The van der Waals surface area contributed by atoms with Crippen molar-refractivity contribution in [3.63, 3.8) is 0 Å². The summed E-state index contributed by atoms with van der Waals surface area (Å²) in [4.78, 5) is 72.6. The number of carboxylic acid groups (broad SMARTS) is 2. The van der Waals surface area contributed by atoms with E-state index in [0.717, 1.165) is 10.9 Å². The number of carboxylic acids is 2. The standard InChI is InChI=1S/C28H38N8O7/c29-10-4-3-6-19(30)25(39)35-22(11-16-13-32-20-7-2-1-5-18(16)20)27(41)34-21(8-9-24(37)38)26(40)36-23(28(42)43)12-17-14-31-15-33-17/h1-2,5,7,13-15,19,21-23,32H,3-4,6,8-12,29-30H2,(H,31,33)(H,34,41)(H,35,39)(H,36,40)(H,37,38)(H,42,43). The molecule has 0 bridgehead atoms. The van der Waals surface area contributed by atoms with Gasteiger partial charge in [-0.2, -0.15) is 0 Å². The van der Waals surface area contributed by atoms with E-state index in [1.165, 1.54) is 12.5 Å². The van der Waals surface area contributed by atoms with Gasteiger partial charge >= 0.3 is 11.9 Å². The zero-order chi connectivity index (χ0) is 31.4. The summed E-state index contributed by atoms with van der Waals surface area (Å²) in [7, 11) is 0. The fraction of sp³-hybridized carbons (Fsp3) is 0.429. The van der Waals surface area contributed by atoms with Crippen molar-refractivity contribution in [1.82, 2.24) is 30.9 Å². The highest BCUT2D eigenvalue weighted by atomic mass is 16.4. The Morgan fingerprint density at radius 2 is 1.56 bits per heavy atom. The molecule has 232 valence electrons. The molecule has 0 saturated heterocycles. The number of nitrogens with one attached hydrogen (secondary N) is 5. The predicted octanol–water partition coefficient (Wildman–Crippen LogP) is -0.464. The van der Waals surface area contributed by atoms with Crippen molar-refractivity contribution < 1.29 is 34.2 Å². The second-order valence-corrected chi connectivity index (χ2v) is 10.2. The van der Waals surface area contributed by atoms with Gasteiger partial charge in [0.2, 0.25) is 17.7 Å². The molecule has 11 N–H and O–H groups in total. The fourth-order valence-electron chi connectivity index (χ4n) is 4.55. The molecule has 0 radical (unpaired) electrons. The van der Waals surface area contributed by atoms with Crippen LogP contribution in [0.1, 0.15) is 43.4 Å². The number of rotatable bonds is 18. The van der Waals surface area contributed by atoms with Gasteiger partial charge in [0.15, 0.2) is 0 Å². The number of aliphatic carboxylic acids is 2. The summed E-state index contributed by atoms with van der Waals surface area (Å²) in [5, 5.41) is 27.3. The van der Waals surface area contributed by atoms with Gasteiger partial charge in [0.1, 0.15) is 18.1 Å². The van der Waals surface area contributed by atoms with Crippen molar-refractivity contribution in [2.75, 3.05) is 6.54 Å². The number of nitrogens with two attached hydrogens (primary N) is 2. The molecule has 0 saturated carbocycles. The van der Waals surface area contributed by atoms with Crippen LogP contribution >= 0.6 is 0 Å². The number of aromatic nitrogens is 3. The van der Waals surface area contributed by atoms with E-state index in [9.17, 15) is 34.2 Å². The van der Waals surface area contributed by atoms with Crippen LogP contribution in [0.25, 0.3) is 10.9 Å². The lowest BCUT2D eigenvalue weighted by Crippen LogP contribution is -2.57. The highest BCUT2D eigenvalue weighted by Gasteiger charge is 2.31. The Bertz CT molecular complexity index is 1390. The molecule has 4 unspecified atom stereocenters. The van der Waals surface area contributed by atoms with Crippen LogP contribution in [0.15, 0.2) is 43.0 Å². The Morgan fingerprint density at radius 1 is 0.860 bits per heavy atom. The summed E-state index contributed by atoms with van der Waals surface area (Å²) in [6, 6.07) is 2.49. The van der Waals surface area contributed by atoms with E-state index in [-0.39, 0.29) is 19.3 Å². The maximum Gasteiger partial charge on any atom is 0.326 e. The molecule has 0 fully saturated rings. The number of hydrogen-bond acceptors (Lipinski definition) is 8. The van der Waals surface area contributed by atoms with Gasteiger partial charge in [-0.1, -0.05) is 24.6 Å². The van der Waals surface area contributed by atoms with E-state index in [0.29, 0.717) is 37.1 Å². The van der Waals surface area contributed by atoms with Crippen molar-refractivity contribution in [2.24, 2.45) is 11.5 Å². The average molecular weight is 599 g/mol. The number of H-pyrrole nitrogens is 2. The van der Waals surface area contributed by atoms with Gasteiger partial charge in [0, 0.05) is 48.3 Å². The maximum absolute atomic E-state index is 13.6. The monoisotopic (exact) mass is 598 g/mol. The molecular formula is C28H38N8O7. The number of hydrogen-bond donors (Lipinski definition) is 9. The molecule has 2 heterocycles. The first kappa shape index (κ1) is 32.8. The highest BCUT2D eigenvalue weighted by molar-refractivity contribution is 5.95. The molecular weight excluding hydrogens is 560 g/mol. The second-order valence-electron chi connectivity index (χ2n) is 10.2. The number of carbonyl (C=O) groups excluding carboxylic acids is 3. The lowest BCUT2D eigenvalue weighted by Gasteiger charge is -2.25. The van der Waals surface area contributed by atoms with E-state index < -0.39 is 60.2 Å². The largest absolute Gasteiger partial charge is 0.481 e. The van der Waals surface area contributed by atoms with Crippen LogP contribution in [0.2, 0.25) is 0 Å². The topological polar surface area (TPSA) is 258 Å². The van der Waals surface area contributed by atoms with Crippen LogP contribution in [0.3, 0.4) is 0 Å². The van der Waals surface area contributed by atoms with E-state index in [1.54, 1.807) is 6.20 Å². The van der Waals surface area contributed by atoms with Crippen LogP contribution in [0.4, 0.5) is 0 Å². The van der Waals surface area contributed by atoms with Gasteiger partial charge in [-0.05, 0) is 37.4 Å². The van der Waals surface area contributed by atoms with Crippen LogP contribution in [-0.4, -0.2) is 85.5 Å². The summed E-state index contributed by atoms with van der Waals surface area (Å²) in [5.41, 5.74) is 13.6. The number of benzene rings is 1. The Kier molecular flexibility index (Phi) is 12.2. The second kappa shape index (κ2) is 16.0. The minimum Gasteiger partial charge on any atom is -0.481 e. The minimum atomic E-state index is -1.41. The lowest BCUT2D eigenvalue weighted by atomic mass is 10.0. The number of amides is 3. The van der Waals surface area contributed by atoms with Crippen LogP contribution in [0, 0.1) is 0 Å². The van der Waals surface area contributed by atoms with E-state index >= 15 is 0 Å². The van der Waals surface area contributed by atoms with Gasteiger partial charge < -0.3 is 47.6 Å². The molecule has 43 heavy (non-hydrogen) atoms. The van der Waals surface area contributed by atoms with Crippen molar-refractivity contribution >= 4 is 40.6 Å². The predicted molar refractivity (Wildman–Crippen MR) is 155 cm³/mol. The van der Waals surface area contributed by atoms with Crippen LogP contribution < -0.4 is 27.4 Å². The van der Waals surface area contributed by atoms with Crippen LogP contribution in [0.5, 0.6) is 0 Å². The van der Waals surface area contributed by atoms with Crippen molar-refractivity contribution in [1.29, 1.82) is 0 Å². The van der Waals surface area contributed by atoms with Gasteiger partial charge in [0.05, 0.1) is 12.4 Å². The number of carbonyl (C=O) groups is 5. The Hall–Kier alpha value is -4.76. The van der Waals surface area contributed by atoms with Gasteiger partial charge in [0.25, 0.3) is 0 Å². The Balaban J connectivity index is 1.81. The maximum atomic E-state index is 13.6. The first-order valence-electron chi connectivity index (χ1n) is 13.9. The van der Waals surface area contributed by atoms with Gasteiger partial charge in [-0.3, -0.25) is 19.2 Å². The SMILES string of the molecule is NCCCCC(N)C(=O)NC(Cc1c[nH]c2ccccc12)C(=O)NC(CCC(=O)O)C(=O)NC(Cc1cnc[nH]1)C(=O)O. The molecule has 0 spiro atoms. The molecule has 3 aromatic rings. The summed E-state index contributed by atoms with van der Waals surface area (Å²) < 4.78 is 0. The molecule has 0 aliphatic heterocycles. The summed E-state index contributed by atoms with van der Waals surface area (Å²) >= 11 is 0. The number of nitrogens with zero attached hydrogens (tertiary/aromatic N) is 1. The normalized spacial score (nSPS) is 13.9. The first-order valence-corrected chi connectivity index (χ1v) is 13.9. The van der Waals surface area contributed by atoms with Gasteiger partial charge in [-0.25, -0.2) is 9.78 Å². The smallest absolute Gasteiger partial charge is 0.326 e. The van der Waals surface area contributed by atoms with E-state index in [2.05, 4.69) is 30.9 Å². The molecule has 1 aromatic carbocycles. The van der Waals surface area contributed by atoms with Crippen molar-refractivity contribution in [3.8, 4) is 0 Å². The van der Waals surface area contributed by atoms with Gasteiger partial charge in [-0.15, -0.1) is 0 Å². The molecule has 0 aliphatic carbocycles. The average Bonchev–Trinajstić information content (AvgIpc) is 3.64. The lowest BCUT2D eigenvalue weighted by molar-refractivity contribution is -0.143. The Labute approximate surface area is 247 Å². The number of unbranched alkanes of at least 4 members (excludes halogenated alkanes) is 1. The zero-order valence-electron chi connectivity index (χ0n) is 23.5. The van der Waals surface area contributed by atoms with Crippen LogP contribution in [-0.2, 0) is 36.8 Å².